The molecule has 2 nitrogen and oxygen atoms in total. The van der Waals surface area contributed by atoms with Gasteiger partial charge in [-0.05, 0) is 35.8 Å². The highest BCUT2D eigenvalue weighted by atomic mass is 28.5. The van der Waals surface area contributed by atoms with Crippen molar-refractivity contribution in [2.45, 2.75) is 83.6 Å². The third-order valence-corrected chi connectivity index (χ3v) is 33.9. The minimum atomic E-state index is -1.42. The molecule has 0 aliphatic carbocycles. The van der Waals surface area contributed by atoms with E-state index in [0.717, 1.165) is 5.69 Å². The Morgan fingerprint density at radius 1 is 0.808 bits per heavy atom. The van der Waals surface area contributed by atoms with Gasteiger partial charge in [0.15, 0.2) is 6.40 Å². The predicted molar refractivity (Wildman–Crippen MR) is 128 cm³/mol. The van der Waals surface area contributed by atoms with E-state index in [2.05, 4.69) is 91.8 Å². The predicted octanol–water partition coefficient (Wildman–Crippen LogP) is 6.70. The summed E-state index contributed by atoms with van der Waals surface area (Å²) >= 11 is 0. The Bertz CT molecular complexity index is 605. The van der Waals surface area contributed by atoms with Gasteiger partial charge in [0.05, 0.1) is 5.69 Å². The van der Waals surface area contributed by atoms with E-state index in [1.807, 2.05) is 0 Å². The Balaban J connectivity index is 3.17. The zero-order valence-corrected chi connectivity index (χ0v) is 23.1. The highest BCUT2D eigenvalue weighted by molar-refractivity contribution is 7.22. The van der Waals surface area contributed by atoms with Gasteiger partial charge in [-0.15, -0.1) is 0 Å². The molecule has 0 saturated heterocycles. The number of rotatable bonds is 7. The molecule has 0 fully saturated rings. The second kappa shape index (κ2) is 7.89. The molecule has 0 atom stereocenters. The molecule has 0 aliphatic heterocycles. The average molecular weight is 422 g/mol. The van der Waals surface area contributed by atoms with Gasteiger partial charge >= 0.3 is 9.76 Å². The molecule has 26 heavy (non-hydrogen) atoms. The number of hydrogen-bond donors (Lipinski definition) is 0. The summed E-state index contributed by atoms with van der Waals surface area (Å²) in [6.45, 7) is 29.3. The second-order valence-electron chi connectivity index (χ2n) is 10.7. The van der Waals surface area contributed by atoms with Crippen molar-refractivity contribution in [1.82, 2.24) is 0 Å². The molecule has 1 aromatic rings. The molecule has 6 heteroatoms. The third-order valence-electron chi connectivity index (χ3n) is 5.46. The summed E-state index contributed by atoms with van der Waals surface area (Å²) in [6, 6.07) is 4.39. The van der Waals surface area contributed by atoms with Crippen LogP contribution in [0.25, 0.3) is 0 Å². The van der Waals surface area contributed by atoms with Crippen LogP contribution < -0.4 is 0 Å². The molecule has 0 bridgehead atoms. The number of hydrogen-bond acceptors (Lipinski definition) is 2. The van der Waals surface area contributed by atoms with Crippen LogP contribution in [0.5, 0.6) is 0 Å². The zero-order valence-electron chi connectivity index (χ0n) is 19.1. The SMILES string of the molecule is Cc1cc(C)c(N=CO[Si]C([Si](C)(C)C)([Si](C)(C)C)[Si](C)(C)C)c(C)c1. The maximum absolute atomic E-state index is 6.26. The molecule has 0 saturated carbocycles. The van der Waals surface area contributed by atoms with Gasteiger partial charge in [0.2, 0.25) is 0 Å². The van der Waals surface area contributed by atoms with Crippen molar-refractivity contribution >= 4 is 46.1 Å². The Morgan fingerprint density at radius 3 is 1.54 bits per heavy atom. The molecule has 0 spiro atoms. The summed E-state index contributed by atoms with van der Waals surface area (Å²) in [5.74, 6) is 0. The van der Waals surface area contributed by atoms with Crippen LogP contribution in [0, 0.1) is 20.8 Å². The quantitative estimate of drug-likeness (QED) is 0.273. The van der Waals surface area contributed by atoms with Crippen molar-refractivity contribution in [1.29, 1.82) is 0 Å². The molecule has 146 valence electrons. The Kier molecular flexibility index (Phi) is 7.16. The lowest BCUT2D eigenvalue weighted by Crippen LogP contribution is -2.68. The molecule has 0 aliphatic rings. The van der Waals surface area contributed by atoms with E-state index >= 15 is 0 Å². The number of aryl methyl sites for hydroxylation is 3. The van der Waals surface area contributed by atoms with Gasteiger partial charge in [0, 0.05) is 24.2 Å². The van der Waals surface area contributed by atoms with Gasteiger partial charge in [-0.25, -0.2) is 4.99 Å². The van der Waals surface area contributed by atoms with Crippen LogP contribution in [0.15, 0.2) is 17.1 Å². The molecule has 0 unspecified atom stereocenters. The lowest BCUT2D eigenvalue weighted by atomic mass is 10.1. The summed E-state index contributed by atoms with van der Waals surface area (Å²) in [5.41, 5.74) is 4.78. The van der Waals surface area contributed by atoms with Gasteiger partial charge < -0.3 is 4.43 Å². The summed E-state index contributed by atoms with van der Waals surface area (Å²) < 4.78 is 6.69. The van der Waals surface area contributed by atoms with Gasteiger partial charge in [0.25, 0.3) is 0 Å². The van der Waals surface area contributed by atoms with E-state index < -0.39 is 24.2 Å². The topological polar surface area (TPSA) is 21.6 Å². The second-order valence-corrected chi connectivity index (χ2v) is 30.6. The van der Waals surface area contributed by atoms with Crippen molar-refractivity contribution < 1.29 is 4.43 Å². The Labute approximate surface area is 167 Å². The monoisotopic (exact) mass is 421 g/mol. The van der Waals surface area contributed by atoms with E-state index in [0.29, 0.717) is 13.7 Å². The van der Waals surface area contributed by atoms with Crippen LogP contribution in [0.1, 0.15) is 16.7 Å². The van der Waals surface area contributed by atoms with E-state index in [1.165, 1.54) is 16.7 Å². The van der Waals surface area contributed by atoms with Crippen LogP contribution >= 0.6 is 0 Å². The average Bonchev–Trinajstić information content (AvgIpc) is 2.35. The van der Waals surface area contributed by atoms with Crippen LogP contribution in [-0.2, 0) is 4.43 Å². The van der Waals surface area contributed by atoms with E-state index in [4.69, 9.17) is 9.42 Å². The molecular weight excluding hydrogens is 383 g/mol. The molecule has 0 aromatic heterocycles. The minimum Gasteiger partial charge on any atom is -0.533 e. The van der Waals surface area contributed by atoms with Crippen molar-refractivity contribution in [3.8, 4) is 0 Å². The Morgan fingerprint density at radius 2 is 1.19 bits per heavy atom. The third kappa shape index (κ3) is 4.69. The minimum absolute atomic E-state index is 0.427. The summed E-state index contributed by atoms with van der Waals surface area (Å²) in [6.07, 6.45) is 1.73. The summed E-state index contributed by atoms with van der Waals surface area (Å²) in [7, 11) is -3.72. The maximum Gasteiger partial charge on any atom is 0.309 e. The zero-order chi connectivity index (χ0) is 20.6. The standard InChI is InChI=1S/C20H39NOSi4/c1-16-13-17(2)19(18(3)14-16)21-15-22-23-20(24(4,5)6,25(7,8)9)26(10,11)12/h13-15H,1-12H3. The van der Waals surface area contributed by atoms with E-state index in [-0.39, 0.29) is 0 Å². The lowest BCUT2D eigenvalue weighted by molar-refractivity contribution is 0.610. The summed E-state index contributed by atoms with van der Waals surface area (Å²) in [4.78, 5) is 4.70. The maximum atomic E-state index is 6.26. The first kappa shape index (κ1) is 23.6. The van der Waals surface area contributed by atoms with Crippen molar-refractivity contribution in [2.75, 3.05) is 0 Å². The van der Waals surface area contributed by atoms with E-state index in [1.54, 1.807) is 6.40 Å². The molecule has 1 aromatic carbocycles. The van der Waals surface area contributed by atoms with Crippen molar-refractivity contribution in [3.63, 3.8) is 0 Å². The van der Waals surface area contributed by atoms with Gasteiger partial charge in [-0.3, -0.25) is 0 Å². The number of nitrogens with zero attached hydrogens (tertiary/aromatic N) is 1. The fourth-order valence-corrected chi connectivity index (χ4v) is 36.9. The number of benzene rings is 1. The van der Waals surface area contributed by atoms with Crippen LogP contribution in [0.3, 0.4) is 0 Å². The van der Waals surface area contributed by atoms with Crippen molar-refractivity contribution in [2.24, 2.45) is 4.99 Å². The summed E-state index contributed by atoms with van der Waals surface area (Å²) in [5, 5.41) is 0. The molecule has 0 amide bonds. The van der Waals surface area contributed by atoms with Gasteiger partial charge in [-0.2, -0.15) is 0 Å². The first-order valence-corrected chi connectivity index (χ1v) is 21.0. The highest BCUT2D eigenvalue weighted by Crippen LogP contribution is 2.52. The first-order chi connectivity index (χ1) is 11.5. The largest absolute Gasteiger partial charge is 0.533 e. The van der Waals surface area contributed by atoms with Crippen LogP contribution in [0.4, 0.5) is 5.69 Å². The number of aliphatic imine (C=N–C) groups is 1. The Hall–Kier alpha value is -0.442. The molecule has 1 rings (SSSR count). The normalized spacial score (nSPS) is 14.2. The fraction of sp³-hybridized carbons (Fsp3) is 0.650. The van der Waals surface area contributed by atoms with E-state index in [9.17, 15) is 0 Å². The highest BCUT2D eigenvalue weighted by Gasteiger charge is 2.61. The van der Waals surface area contributed by atoms with Crippen LogP contribution in [0.2, 0.25) is 62.8 Å². The molecule has 0 N–H and O–H groups in total. The lowest BCUT2D eigenvalue weighted by Gasteiger charge is -2.57. The molecular formula is C20H39NOSi4. The smallest absolute Gasteiger partial charge is 0.309 e. The van der Waals surface area contributed by atoms with Gasteiger partial charge in [0.1, 0.15) is 0 Å². The van der Waals surface area contributed by atoms with Gasteiger partial charge in [-0.1, -0.05) is 76.6 Å². The molecule has 0 heterocycles. The van der Waals surface area contributed by atoms with Crippen LogP contribution in [-0.4, -0.2) is 40.4 Å². The van der Waals surface area contributed by atoms with Crippen molar-refractivity contribution in [3.05, 3.63) is 28.8 Å². The molecule has 2 radical (unpaired) electrons. The fourth-order valence-electron chi connectivity index (χ4n) is 5.40. The first-order valence-electron chi connectivity index (χ1n) is 9.58.